The summed E-state index contributed by atoms with van der Waals surface area (Å²) in [5.74, 6) is 0.523. The first-order chi connectivity index (χ1) is 10.5. The maximum atomic E-state index is 13.5. The van der Waals surface area contributed by atoms with Crippen molar-refractivity contribution in [2.45, 2.75) is 106 Å². The maximum absolute atomic E-state index is 13.5. The van der Waals surface area contributed by atoms with Gasteiger partial charge in [-0.05, 0) is 58.3 Å². The van der Waals surface area contributed by atoms with Crippen LogP contribution in [0, 0.1) is 16.7 Å². The Labute approximate surface area is 151 Å². The van der Waals surface area contributed by atoms with E-state index >= 15 is 0 Å². The Hall–Kier alpha value is -0.570. The fraction of sp³-hybridized carbons (Fsp3) is 0.952. The van der Waals surface area contributed by atoms with E-state index in [9.17, 15) is 4.79 Å². The fourth-order valence-corrected chi connectivity index (χ4v) is 4.79. The van der Waals surface area contributed by atoms with E-state index in [4.69, 9.17) is 0 Å². The number of amides is 1. The van der Waals surface area contributed by atoms with Gasteiger partial charge in [-0.1, -0.05) is 41.5 Å². The first-order valence-electron chi connectivity index (χ1n) is 9.52. The number of carbonyl (C=O) groups is 1. The molecule has 1 unspecified atom stereocenters. The van der Waals surface area contributed by atoms with E-state index in [0.717, 1.165) is 0 Å². The Bertz CT molecular complexity index is 486. The van der Waals surface area contributed by atoms with Gasteiger partial charge in [-0.15, -0.1) is 0 Å². The van der Waals surface area contributed by atoms with Crippen LogP contribution in [0.1, 0.15) is 83.1 Å². The molecule has 3 heteroatoms. The fourth-order valence-electron chi connectivity index (χ4n) is 4.79. The zero-order chi connectivity index (χ0) is 19.5. The quantitative estimate of drug-likeness (QED) is 0.722. The van der Waals surface area contributed by atoms with Gasteiger partial charge >= 0.3 is 0 Å². The van der Waals surface area contributed by atoms with Gasteiger partial charge in [0, 0.05) is 24.2 Å². The number of hydrogen-bond donors (Lipinski definition) is 0. The Morgan fingerprint density at radius 3 is 1.50 bits per heavy atom. The Morgan fingerprint density at radius 1 is 0.792 bits per heavy atom. The smallest absolute Gasteiger partial charge is 0.240 e. The van der Waals surface area contributed by atoms with Crippen molar-refractivity contribution in [3.63, 3.8) is 0 Å². The molecule has 1 aliphatic rings. The van der Waals surface area contributed by atoms with Crippen molar-refractivity contribution in [3.05, 3.63) is 0 Å². The number of likely N-dealkylation sites (N-methyl/N-ethyl adjacent to an activating group) is 1. The minimum Gasteiger partial charge on any atom is -0.339 e. The summed E-state index contributed by atoms with van der Waals surface area (Å²) in [5, 5.41) is 0. The van der Waals surface area contributed by atoms with Crippen molar-refractivity contribution >= 4 is 5.91 Å². The van der Waals surface area contributed by atoms with Crippen molar-refractivity contribution < 1.29 is 4.79 Å². The Kier molecular flexibility index (Phi) is 5.37. The number of hydrogen-bond acceptors (Lipinski definition) is 2. The molecule has 1 rings (SSSR count). The molecule has 0 aliphatic carbocycles. The highest BCUT2D eigenvalue weighted by Gasteiger charge is 2.62. The van der Waals surface area contributed by atoms with Crippen molar-refractivity contribution in [1.82, 2.24) is 9.80 Å². The van der Waals surface area contributed by atoms with E-state index < -0.39 is 0 Å². The maximum Gasteiger partial charge on any atom is 0.240 e. The van der Waals surface area contributed by atoms with Gasteiger partial charge in [0.15, 0.2) is 0 Å². The molecule has 0 bridgehead atoms. The van der Waals surface area contributed by atoms with Gasteiger partial charge in [-0.2, -0.15) is 0 Å². The first kappa shape index (κ1) is 21.5. The van der Waals surface area contributed by atoms with E-state index in [-0.39, 0.29) is 39.8 Å². The number of nitrogens with zero attached hydrogens (tertiary/aromatic N) is 2. The molecule has 1 aliphatic heterocycles. The summed E-state index contributed by atoms with van der Waals surface area (Å²) in [4.78, 5) is 18.0. The normalized spacial score (nSPS) is 29.7. The van der Waals surface area contributed by atoms with Gasteiger partial charge in [-0.25, -0.2) is 0 Å². The molecular weight excluding hydrogens is 296 g/mol. The molecule has 0 aromatic heterocycles. The predicted molar refractivity (Wildman–Crippen MR) is 104 cm³/mol. The van der Waals surface area contributed by atoms with Crippen LogP contribution in [0.3, 0.4) is 0 Å². The van der Waals surface area contributed by atoms with Crippen molar-refractivity contribution in [2.24, 2.45) is 16.7 Å². The van der Waals surface area contributed by atoms with Crippen LogP contribution in [0.5, 0.6) is 0 Å². The summed E-state index contributed by atoms with van der Waals surface area (Å²) in [5.41, 5.74) is -0.423. The molecular formula is C21H42N2O. The van der Waals surface area contributed by atoms with Crippen LogP contribution < -0.4 is 0 Å². The Morgan fingerprint density at radius 2 is 1.17 bits per heavy atom. The molecule has 0 radical (unpaired) electrons. The summed E-state index contributed by atoms with van der Waals surface area (Å²) in [7, 11) is 1.99. The second-order valence-electron chi connectivity index (χ2n) is 10.5. The average molecular weight is 339 g/mol. The van der Waals surface area contributed by atoms with Gasteiger partial charge in [0.25, 0.3) is 0 Å². The molecule has 3 nitrogen and oxygen atoms in total. The van der Waals surface area contributed by atoms with Crippen molar-refractivity contribution in [3.8, 4) is 0 Å². The van der Waals surface area contributed by atoms with Gasteiger partial charge < -0.3 is 4.90 Å². The molecule has 0 aromatic carbocycles. The molecule has 1 amide bonds. The second kappa shape index (κ2) is 6.00. The molecule has 1 heterocycles. The molecule has 1 fully saturated rings. The van der Waals surface area contributed by atoms with Gasteiger partial charge in [0.2, 0.25) is 5.91 Å². The highest BCUT2D eigenvalue weighted by Crippen LogP contribution is 2.57. The highest BCUT2D eigenvalue weighted by molar-refractivity contribution is 5.83. The molecule has 24 heavy (non-hydrogen) atoms. The zero-order valence-corrected chi connectivity index (χ0v) is 18.5. The van der Waals surface area contributed by atoms with E-state index in [1.807, 2.05) is 11.9 Å². The van der Waals surface area contributed by atoms with E-state index in [1.165, 1.54) is 0 Å². The summed E-state index contributed by atoms with van der Waals surface area (Å²) in [6.07, 6.45) is 0. The van der Waals surface area contributed by atoms with Crippen LogP contribution in [-0.4, -0.2) is 45.9 Å². The predicted octanol–water partition coefficient (Wildman–Crippen LogP) is 4.80. The summed E-state index contributed by atoms with van der Waals surface area (Å²) < 4.78 is 0. The largest absolute Gasteiger partial charge is 0.339 e. The number of rotatable bonds is 2. The lowest BCUT2D eigenvalue weighted by Crippen LogP contribution is -2.75. The molecule has 0 spiro atoms. The number of carbonyl (C=O) groups excluding carboxylic acids is 1. The van der Waals surface area contributed by atoms with Gasteiger partial charge in [0.05, 0.1) is 6.04 Å². The van der Waals surface area contributed by atoms with Crippen LogP contribution in [0.2, 0.25) is 0 Å². The summed E-state index contributed by atoms with van der Waals surface area (Å²) in [6.45, 7) is 27.3. The van der Waals surface area contributed by atoms with Crippen LogP contribution in [0.4, 0.5) is 0 Å². The first-order valence-corrected chi connectivity index (χ1v) is 9.52. The second-order valence-corrected chi connectivity index (χ2v) is 10.5. The van der Waals surface area contributed by atoms with Crippen LogP contribution in [-0.2, 0) is 4.79 Å². The van der Waals surface area contributed by atoms with Gasteiger partial charge in [-0.3, -0.25) is 9.69 Å². The minimum absolute atomic E-state index is 0.00410. The third kappa shape index (κ3) is 2.62. The minimum atomic E-state index is -0.235. The molecule has 0 N–H and O–H groups in total. The van der Waals surface area contributed by atoms with Crippen LogP contribution in [0.15, 0.2) is 0 Å². The monoisotopic (exact) mass is 338 g/mol. The van der Waals surface area contributed by atoms with Crippen LogP contribution in [0.25, 0.3) is 0 Å². The van der Waals surface area contributed by atoms with Crippen molar-refractivity contribution in [2.75, 3.05) is 7.05 Å². The van der Waals surface area contributed by atoms with E-state index in [0.29, 0.717) is 6.04 Å². The van der Waals surface area contributed by atoms with Crippen molar-refractivity contribution in [1.29, 1.82) is 0 Å². The van der Waals surface area contributed by atoms with Crippen LogP contribution >= 0.6 is 0 Å². The Balaban J connectivity index is 3.82. The standard InChI is InChI=1S/C21H42N2O/c1-14(2)16-17(24)22(13)20(9,10)18(5,6)19(7,8)21(11,12)23(16)15(3)4/h14-16H,1-13H3. The lowest BCUT2D eigenvalue weighted by atomic mass is 9.50. The molecule has 0 aromatic rings. The topological polar surface area (TPSA) is 23.6 Å². The lowest BCUT2D eigenvalue weighted by Gasteiger charge is -2.67. The molecule has 142 valence electrons. The average Bonchev–Trinajstić information content (AvgIpc) is 2.40. The molecule has 0 saturated carbocycles. The molecule has 1 saturated heterocycles. The summed E-state index contributed by atoms with van der Waals surface area (Å²) >= 11 is 0. The van der Waals surface area contributed by atoms with Gasteiger partial charge in [0.1, 0.15) is 0 Å². The molecule has 1 atom stereocenters. The zero-order valence-electron chi connectivity index (χ0n) is 18.5. The SMILES string of the molecule is CC(C)C1C(=O)N(C)C(C)(C)C(C)(C)C(C)(C)C(C)(C)N1C(C)C. The van der Waals surface area contributed by atoms with E-state index in [2.05, 4.69) is 88.0 Å². The third-order valence-corrected chi connectivity index (χ3v) is 8.18. The van der Waals surface area contributed by atoms with E-state index in [1.54, 1.807) is 0 Å². The lowest BCUT2D eigenvalue weighted by molar-refractivity contribution is -0.191. The highest BCUT2D eigenvalue weighted by atomic mass is 16.2. The summed E-state index contributed by atoms with van der Waals surface area (Å²) in [6, 6.07) is 0.209. The third-order valence-electron chi connectivity index (χ3n) is 8.18.